The van der Waals surface area contributed by atoms with Gasteiger partial charge in [0.2, 0.25) is 0 Å². The predicted molar refractivity (Wildman–Crippen MR) is 93.1 cm³/mol. The van der Waals surface area contributed by atoms with Crippen molar-refractivity contribution in [3.63, 3.8) is 0 Å². The molecule has 0 unspecified atom stereocenters. The maximum Gasteiger partial charge on any atom is 0.187 e. The molecule has 2 aromatic carbocycles. The van der Waals surface area contributed by atoms with Crippen LogP contribution in [0.4, 0.5) is 0 Å². The van der Waals surface area contributed by atoms with Gasteiger partial charge in [-0.15, -0.1) is 0 Å². The minimum Gasteiger partial charge on any atom is -0.375 e. The summed E-state index contributed by atoms with van der Waals surface area (Å²) in [5, 5.41) is 6.65. The molecule has 0 saturated carbocycles. The Bertz CT molecular complexity index is 700. The molecule has 0 fully saturated rings. The molecule has 0 spiro atoms. The fraction of sp³-hybridized carbons (Fsp3) is 0.125. The Morgan fingerprint density at radius 2 is 1.95 bits per heavy atom. The number of hydrogen-bond acceptors (Lipinski definition) is 2. The van der Waals surface area contributed by atoms with Crippen molar-refractivity contribution in [1.82, 2.24) is 5.01 Å². The van der Waals surface area contributed by atoms with E-state index < -0.39 is 0 Å². The molecule has 0 aromatic heterocycles. The molecule has 1 atom stereocenters. The molecule has 0 aliphatic carbocycles. The standard InChI is InChI=1S/C16H14BrN3S/c17-13-8-4-7-12(9-13)15-10-14(19-20(15)16(18)21)11-5-2-1-3-6-11/h1-9,15H,10H2,(H2,18,21)/t15-/m0/s1. The third kappa shape index (κ3) is 2.99. The lowest BCUT2D eigenvalue weighted by Crippen LogP contribution is -2.31. The first-order valence-corrected chi connectivity index (χ1v) is 7.82. The van der Waals surface area contributed by atoms with Gasteiger partial charge in [0, 0.05) is 10.9 Å². The molecule has 3 rings (SSSR count). The molecule has 2 aromatic rings. The molecular weight excluding hydrogens is 346 g/mol. The summed E-state index contributed by atoms with van der Waals surface area (Å²) in [6.45, 7) is 0. The highest BCUT2D eigenvalue weighted by molar-refractivity contribution is 9.10. The fourth-order valence-electron chi connectivity index (χ4n) is 2.49. The number of hydrogen-bond donors (Lipinski definition) is 1. The molecule has 0 amide bonds. The number of halogens is 1. The van der Waals surface area contributed by atoms with Crippen LogP contribution < -0.4 is 5.73 Å². The second-order valence-corrected chi connectivity index (χ2v) is 6.20. The molecule has 106 valence electrons. The summed E-state index contributed by atoms with van der Waals surface area (Å²) in [6, 6.07) is 18.3. The highest BCUT2D eigenvalue weighted by Crippen LogP contribution is 2.33. The van der Waals surface area contributed by atoms with E-state index in [2.05, 4.69) is 45.3 Å². The third-order valence-electron chi connectivity index (χ3n) is 3.48. The van der Waals surface area contributed by atoms with Gasteiger partial charge in [0.25, 0.3) is 0 Å². The van der Waals surface area contributed by atoms with Gasteiger partial charge in [-0.2, -0.15) is 5.10 Å². The lowest BCUT2D eigenvalue weighted by atomic mass is 9.99. The van der Waals surface area contributed by atoms with E-state index in [4.69, 9.17) is 18.0 Å². The zero-order valence-corrected chi connectivity index (χ0v) is 13.6. The average Bonchev–Trinajstić information content (AvgIpc) is 2.93. The van der Waals surface area contributed by atoms with Crippen LogP contribution in [0.3, 0.4) is 0 Å². The van der Waals surface area contributed by atoms with Crippen LogP contribution >= 0.6 is 28.1 Å². The minimum absolute atomic E-state index is 0.0511. The van der Waals surface area contributed by atoms with Crippen molar-refractivity contribution in [2.75, 3.05) is 0 Å². The van der Waals surface area contributed by atoms with Crippen molar-refractivity contribution >= 4 is 39.0 Å². The van der Waals surface area contributed by atoms with Gasteiger partial charge in [-0.1, -0.05) is 58.4 Å². The minimum atomic E-state index is 0.0511. The van der Waals surface area contributed by atoms with E-state index in [1.54, 1.807) is 5.01 Å². The molecule has 1 heterocycles. The first-order valence-electron chi connectivity index (χ1n) is 6.62. The monoisotopic (exact) mass is 359 g/mol. The number of nitrogens with two attached hydrogens (primary N) is 1. The van der Waals surface area contributed by atoms with Gasteiger partial charge in [0.1, 0.15) is 0 Å². The predicted octanol–water partition coefficient (Wildman–Crippen LogP) is 3.84. The van der Waals surface area contributed by atoms with E-state index in [0.717, 1.165) is 27.7 Å². The second kappa shape index (κ2) is 5.95. The third-order valence-corrected chi connectivity index (χ3v) is 4.16. The molecule has 0 saturated heterocycles. The largest absolute Gasteiger partial charge is 0.375 e. The van der Waals surface area contributed by atoms with Gasteiger partial charge in [-0.25, -0.2) is 5.01 Å². The summed E-state index contributed by atoms with van der Waals surface area (Å²) >= 11 is 8.66. The van der Waals surface area contributed by atoms with Gasteiger partial charge >= 0.3 is 0 Å². The van der Waals surface area contributed by atoms with Crippen molar-refractivity contribution in [2.24, 2.45) is 10.8 Å². The van der Waals surface area contributed by atoms with E-state index in [1.807, 2.05) is 30.3 Å². The molecule has 1 aliphatic rings. The summed E-state index contributed by atoms with van der Waals surface area (Å²) in [7, 11) is 0. The lowest BCUT2D eigenvalue weighted by Gasteiger charge is -2.22. The zero-order chi connectivity index (χ0) is 14.8. The van der Waals surface area contributed by atoms with E-state index in [1.165, 1.54) is 0 Å². The number of benzene rings is 2. The first kappa shape index (κ1) is 14.2. The van der Waals surface area contributed by atoms with Crippen LogP contribution in [0.1, 0.15) is 23.6 Å². The first-order chi connectivity index (χ1) is 10.1. The van der Waals surface area contributed by atoms with Crippen LogP contribution in [0.15, 0.2) is 64.2 Å². The molecule has 3 nitrogen and oxygen atoms in total. The Kier molecular flexibility index (Phi) is 4.03. The summed E-state index contributed by atoms with van der Waals surface area (Å²) in [4.78, 5) is 0. The number of nitrogens with zero attached hydrogens (tertiary/aromatic N) is 2. The Labute approximate surface area is 137 Å². The van der Waals surface area contributed by atoms with Crippen molar-refractivity contribution in [2.45, 2.75) is 12.5 Å². The van der Waals surface area contributed by atoms with Crippen LogP contribution in [0.2, 0.25) is 0 Å². The van der Waals surface area contributed by atoms with Gasteiger partial charge in [-0.05, 0) is 35.5 Å². The average molecular weight is 360 g/mol. The topological polar surface area (TPSA) is 41.6 Å². The van der Waals surface area contributed by atoms with Crippen molar-refractivity contribution in [1.29, 1.82) is 0 Å². The van der Waals surface area contributed by atoms with E-state index in [9.17, 15) is 0 Å². The summed E-state index contributed by atoms with van der Waals surface area (Å²) in [6.07, 6.45) is 0.789. The van der Waals surface area contributed by atoms with Crippen LogP contribution in [0.25, 0.3) is 0 Å². The van der Waals surface area contributed by atoms with Crippen molar-refractivity contribution in [3.8, 4) is 0 Å². The van der Waals surface area contributed by atoms with Gasteiger partial charge in [0.15, 0.2) is 5.11 Å². The van der Waals surface area contributed by atoms with Crippen molar-refractivity contribution in [3.05, 3.63) is 70.2 Å². The highest BCUT2D eigenvalue weighted by Gasteiger charge is 2.30. The fourth-order valence-corrected chi connectivity index (χ4v) is 3.08. The number of rotatable bonds is 2. The molecule has 1 aliphatic heterocycles. The van der Waals surface area contributed by atoms with Crippen LogP contribution in [0, 0.1) is 0 Å². The Morgan fingerprint density at radius 1 is 1.19 bits per heavy atom. The van der Waals surface area contributed by atoms with Crippen molar-refractivity contribution < 1.29 is 0 Å². The lowest BCUT2D eigenvalue weighted by molar-refractivity contribution is 0.372. The molecular formula is C16H14BrN3S. The molecule has 21 heavy (non-hydrogen) atoms. The second-order valence-electron chi connectivity index (χ2n) is 4.87. The van der Waals surface area contributed by atoms with Crippen LogP contribution in [-0.2, 0) is 0 Å². The number of thiocarbonyl (C=S) groups is 1. The van der Waals surface area contributed by atoms with E-state index in [-0.39, 0.29) is 6.04 Å². The SMILES string of the molecule is NC(=S)N1N=C(c2ccccc2)C[C@H]1c1cccc(Br)c1. The van der Waals surface area contributed by atoms with Gasteiger partial charge < -0.3 is 5.73 Å². The van der Waals surface area contributed by atoms with E-state index in [0.29, 0.717) is 5.11 Å². The molecule has 0 radical (unpaired) electrons. The van der Waals surface area contributed by atoms with Gasteiger partial charge in [-0.3, -0.25) is 0 Å². The Morgan fingerprint density at radius 3 is 2.62 bits per heavy atom. The molecule has 2 N–H and O–H groups in total. The highest BCUT2D eigenvalue weighted by atomic mass is 79.9. The van der Waals surface area contributed by atoms with Crippen LogP contribution in [-0.4, -0.2) is 15.8 Å². The van der Waals surface area contributed by atoms with Crippen LogP contribution in [0.5, 0.6) is 0 Å². The Hall–Kier alpha value is -1.72. The molecule has 0 bridgehead atoms. The maximum absolute atomic E-state index is 5.84. The quantitative estimate of drug-likeness (QED) is 0.828. The molecule has 5 heteroatoms. The Balaban J connectivity index is 1.95. The summed E-state index contributed by atoms with van der Waals surface area (Å²) in [5.41, 5.74) is 9.10. The van der Waals surface area contributed by atoms with Gasteiger partial charge in [0.05, 0.1) is 11.8 Å². The maximum atomic E-state index is 5.84. The smallest absolute Gasteiger partial charge is 0.187 e. The summed E-state index contributed by atoms with van der Waals surface area (Å²) < 4.78 is 1.04. The van der Waals surface area contributed by atoms with E-state index >= 15 is 0 Å². The number of hydrazone groups is 1. The summed E-state index contributed by atoms with van der Waals surface area (Å²) in [5.74, 6) is 0. The normalized spacial score (nSPS) is 17.7. The zero-order valence-electron chi connectivity index (χ0n) is 11.2.